The van der Waals surface area contributed by atoms with Crippen LogP contribution in [0.3, 0.4) is 0 Å². The van der Waals surface area contributed by atoms with Crippen molar-refractivity contribution < 1.29 is 14.3 Å². The molecular weight excluding hydrogens is 256 g/mol. The van der Waals surface area contributed by atoms with E-state index in [1.165, 1.54) is 0 Å². The van der Waals surface area contributed by atoms with E-state index in [4.69, 9.17) is 15.2 Å². The Balaban J connectivity index is 2.27. The molecule has 1 aromatic rings. The summed E-state index contributed by atoms with van der Waals surface area (Å²) in [7, 11) is 0. The first-order valence-electron chi connectivity index (χ1n) is 6.97. The Morgan fingerprint density at radius 3 is 2.80 bits per heavy atom. The number of rotatable bonds is 4. The van der Waals surface area contributed by atoms with Crippen molar-refractivity contribution in [3.05, 3.63) is 23.8 Å². The predicted molar refractivity (Wildman–Crippen MR) is 78.9 cm³/mol. The Bertz CT molecular complexity index is 482. The summed E-state index contributed by atoms with van der Waals surface area (Å²) in [4.78, 5) is 12.0. The Hall–Kier alpha value is -1.75. The maximum atomic E-state index is 12.0. The first-order valence-corrected chi connectivity index (χ1v) is 6.97. The number of nitrogens with two attached hydrogens (primary N) is 1. The highest BCUT2D eigenvalue weighted by Crippen LogP contribution is 2.31. The number of benzene rings is 1. The van der Waals surface area contributed by atoms with Crippen molar-refractivity contribution in [1.29, 1.82) is 0 Å². The molecule has 20 heavy (non-hydrogen) atoms. The van der Waals surface area contributed by atoms with Crippen molar-refractivity contribution >= 4 is 17.3 Å². The number of hydrogen-bond donors (Lipinski definition) is 2. The molecule has 0 saturated carbocycles. The molecule has 1 aliphatic heterocycles. The lowest BCUT2D eigenvalue weighted by molar-refractivity contribution is 0.0526. The third-order valence-corrected chi connectivity index (χ3v) is 3.62. The van der Waals surface area contributed by atoms with Crippen molar-refractivity contribution in [3.63, 3.8) is 0 Å². The van der Waals surface area contributed by atoms with Gasteiger partial charge in [0.15, 0.2) is 0 Å². The molecule has 0 bridgehead atoms. The van der Waals surface area contributed by atoms with Crippen LogP contribution in [0.15, 0.2) is 18.2 Å². The summed E-state index contributed by atoms with van der Waals surface area (Å²) in [6.45, 7) is 5.68. The molecule has 0 atom stereocenters. The third-order valence-electron chi connectivity index (χ3n) is 3.62. The summed E-state index contributed by atoms with van der Waals surface area (Å²) in [5.74, 6) is -0.349. The average Bonchev–Trinajstić information content (AvgIpc) is 2.42. The second kappa shape index (κ2) is 6.13. The normalized spacial score (nSPS) is 17.5. The van der Waals surface area contributed by atoms with Gasteiger partial charge in [-0.15, -0.1) is 0 Å². The predicted octanol–water partition coefficient (Wildman–Crippen LogP) is 2.43. The van der Waals surface area contributed by atoms with Crippen LogP contribution in [0.25, 0.3) is 0 Å². The molecule has 0 aromatic heterocycles. The lowest BCUT2D eigenvalue weighted by Gasteiger charge is -2.36. The van der Waals surface area contributed by atoms with Gasteiger partial charge in [-0.2, -0.15) is 0 Å². The van der Waals surface area contributed by atoms with Gasteiger partial charge in [-0.1, -0.05) is 6.07 Å². The second-order valence-corrected chi connectivity index (χ2v) is 5.29. The maximum Gasteiger partial charge on any atom is 0.340 e. The number of ether oxygens (including phenoxy) is 2. The summed E-state index contributed by atoms with van der Waals surface area (Å²) in [6, 6.07) is 5.28. The van der Waals surface area contributed by atoms with Crippen LogP contribution in [0.1, 0.15) is 37.0 Å². The van der Waals surface area contributed by atoms with Crippen LogP contribution in [-0.2, 0) is 9.47 Å². The number of anilines is 2. The highest BCUT2D eigenvalue weighted by atomic mass is 16.5. The molecule has 5 heteroatoms. The van der Waals surface area contributed by atoms with E-state index < -0.39 is 0 Å². The van der Waals surface area contributed by atoms with E-state index in [0.29, 0.717) is 36.8 Å². The number of nitrogens with one attached hydrogen (secondary N) is 1. The lowest BCUT2D eigenvalue weighted by atomic mass is 9.91. The van der Waals surface area contributed by atoms with Gasteiger partial charge in [-0.05, 0) is 38.8 Å². The van der Waals surface area contributed by atoms with Gasteiger partial charge in [0.2, 0.25) is 0 Å². The van der Waals surface area contributed by atoms with E-state index in [1.54, 1.807) is 25.1 Å². The van der Waals surface area contributed by atoms with Crippen molar-refractivity contribution in [3.8, 4) is 0 Å². The molecule has 1 fully saturated rings. The van der Waals surface area contributed by atoms with Gasteiger partial charge in [0.05, 0.1) is 23.5 Å². The number of carbonyl (C=O) groups excluding carboxylic acids is 1. The largest absolute Gasteiger partial charge is 0.462 e. The standard InChI is InChI=1S/C15H22N2O3/c1-3-20-14(18)11-5-4-6-12(16)13(11)17-15(2)7-9-19-10-8-15/h4-6,17H,3,7-10,16H2,1-2H3. The van der Waals surface area contributed by atoms with Crippen molar-refractivity contribution in [2.24, 2.45) is 0 Å². The van der Waals surface area contributed by atoms with Gasteiger partial charge in [-0.25, -0.2) is 4.79 Å². The first-order chi connectivity index (χ1) is 9.56. The molecule has 1 aromatic carbocycles. The van der Waals surface area contributed by atoms with E-state index in [9.17, 15) is 4.79 Å². The van der Waals surface area contributed by atoms with Crippen LogP contribution in [0, 0.1) is 0 Å². The van der Waals surface area contributed by atoms with Crippen molar-refractivity contribution in [2.45, 2.75) is 32.2 Å². The fourth-order valence-electron chi connectivity index (χ4n) is 2.34. The van der Waals surface area contributed by atoms with Crippen LogP contribution in [-0.4, -0.2) is 31.3 Å². The minimum atomic E-state index is -0.349. The summed E-state index contributed by atoms with van der Waals surface area (Å²) in [6.07, 6.45) is 1.76. The SMILES string of the molecule is CCOC(=O)c1cccc(N)c1NC1(C)CCOCC1. The van der Waals surface area contributed by atoms with E-state index in [0.717, 1.165) is 12.8 Å². The van der Waals surface area contributed by atoms with Gasteiger partial charge in [0, 0.05) is 18.8 Å². The summed E-state index contributed by atoms with van der Waals surface area (Å²) in [5, 5.41) is 3.43. The van der Waals surface area contributed by atoms with Crippen molar-refractivity contribution in [2.75, 3.05) is 30.9 Å². The number of hydrogen-bond acceptors (Lipinski definition) is 5. The zero-order chi connectivity index (χ0) is 14.6. The maximum absolute atomic E-state index is 12.0. The van der Waals surface area contributed by atoms with Crippen LogP contribution >= 0.6 is 0 Å². The van der Waals surface area contributed by atoms with Crippen LogP contribution < -0.4 is 11.1 Å². The van der Waals surface area contributed by atoms with Gasteiger partial charge in [0.1, 0.15) is 0 Å². The summed E-state index contributed by atoms with van der Waals surface area (Å²) < 4.78 is 10.5. The second-order valence-electron chi connectivity index (χ2n) is 5.29. The molecule has 1 heterocycles. The first kappa shape index (κ1) is 14.7. The molecule has 2 rings (SSSR count). The molecule has 110 valence electrons. The third kappa shape index (κ3) is 3.22. The highest BCUT2D eigenvalue weighted by Gasteiger charge is 2.29. The molecule has 0 radical (unpaired) electrons. The molecule has 0 spiro atoms. The Labute approximate surface area is 119 Å². The minimum Gasteiger partial charge on any atom is -0.462 e. The molecule has 0 amide bonds. The summed E-state index contributed by atoms with van der Waals surface area (Å²) in [5.41, 5.74) is 7.62. The number of carbonyl (C=O) groups is 1. The van der Waals surface area contributed by atoms with Gasteiger partial charge in [-0.3, -0.25) is 0 Å². The minimum absolute atomic E-state index is 0.116. The molecule has 3 N–H and O–H groups in total. The zero-order valence-electron chi connectivity index (χ0n) is 12.1. The Morgan fingerprint density at radius 1 is 1.45 bits per heavy atom. The fourth-order valence-corrected chi connectivity index (χ4v) is 2.34. The van der Waals surface area contributed by atoms with E-state index in [2.05, 4.69) is 12.2 Å². The van der Waals surface area contributed by atoms with Crippen LogP contribution in [0.2, 0.25) is 0 Å². The molecule has 0 aliphatic carbocycles. The van der Waals surface area contributed by atoms with E-state index in [1.807, 2.05) is 0 Å². The average molecular weight is 278 g/mol. The van der Waals surface area contributed by atoms with Crippen molar-refractivity contribution in [1.82, 2.24) is 0 Å². The molecular formula is C15H22N2O3. The highest BCUT2D eigenvalue weighted by molar-refractivity contribution is 5.99. The number of para-hydroxylation sites is 1. The van der Waals surface area contributed by atoms with Gasteiger partial charge < -0.3 is 20.5 Å². The smallest absolute Gasteiger partial charge is 0.340 e. The Morgan fingerprint density at radius 2 is 2.15 bits per heavy atom. The molecule has 1 saturated heterocycles. The zero-order valence-corrected chi connectivity index (χ0v) is 12.1. The number of nitrogen functional groups attached to an aromatic ring is 1. The Kier molecular flexibility index (Phi) is 4.49. The van der Waals surface area contributed by atoms with Gasteiger partial charge in [0.25, 0.3) is 0 Å². The molecule has 0 unspecified atom stereocenters. The van der Waals surface area contributed by atoms with Gasteiger partial charge >= 0.3 is 5.97 Å². The lowest BCUT2D eigenvalue weighted by Crippen LogP contribution is -2.41. The van der Waals surface area contributed by atoms with E-state index >= 15 is 0 Å². The monoisotopic (exact) mass is 278 g/mol. The summed E-state index contributed by atoms with van der Waals surface area (Å²) >= 11 is 0. The number of esters is 1. The van der Waals surface area contributed by atoms with Crippen LogP contribution in [0.4, 0.5) is 11.4 Å². The van der Waals surface area contributed by atoms with Crippen LogP contribution in [0.5, 0.6) is 0 Å². The molecule has 1 aliphatic rings. The van der Waals surface area contributed by atoms with E-state index in [-0.39, 0.29) is 11.5 Å². The topological polar surface area (TPSA) is 73.6 Å². The fraction of sp³-hybridized carbons (Fsp3) is 0.533. The quantitative estimate of drug-likeness (QED) is 0.653. The molecule has 5 nitrogen and oxygen atoms in total.